The fourth-order valence-electron chi connectivity index (χ4n) is 0.831. The quantitative estimate of drug-likeness (QED) is 0.415. The van der Waals surface area contributed by atoms with Crippen LogP contribution in [0.3, 0.4) is 0 Å². The molecular weight excluding hydrogens is 284 g/mol. The number of allylic oxidation sites excluding steroid dienone is 1. The lowest BCUT2D eigenvalue weighted by atomic mass is 10.0. The van der Waals surface area contributed by atoms with E-state index >= 15 is 0 Å². The van der Waals surface area contributed by atoms with Crippen molar-refractivity contribution in [1.82, 2.24) is 0 Å². The van der Waals surface area contributed by atoms with Crippen LogP contribution in [-0.4, -0.2) is 30.1 Å². The molecular formula is C8H5ClF8. The van der Waals surface area contributed by atoms with Crippen molar-refractivity contribution in [1.29, 1.82) is 0 Å². The van der Waals surface area contributed by atoms with Crippen molar-refractivity contribution in [3.05, 3.63) is 17.9 Å². The van der Waals surface area contributed by atoms with Crippen molar-refractivity contribution in [2.75, 3.05) is 0 Å². The van der Waals surface area contributed by atoms with Gasteiger partial charge in [-0.25, -0.2) is 13.2 Å². The lowest BCUT2D eigenvalue weighted by Gasteiger charge is -2.26. The molecule has 3 unspecified atom stereocenters. The molecule has 0 heterocycles. The van der Waals surface area contributed by atoms with Crippen LogP contribution in [0.5, 0.6) is 0 Å². The van der Waals surface area contributed by atoms with Gasteiger partial charge in [0.15, 0.2) is 6.17 Å². The molecule has 0 saturated heterocycles. The summed E-state index contributed by atoms with van der Waals surface area (Å²) >= 11 is 4.58. The van der Waals surface area contributed by atoms with Crippen molar-refractivity contribution in [3.8, 4) is 0 Å². The molecule has 17 heavy (non-hydrogen) atoms. The molecule has 0 aromatic heterocycles. The third kappa shape index (κ3) is 3.61. The van der Waals surface area contributed by atoms with Gasteiger partial charge in [-0.05, 0) is 0 Å². The van der Waals surface area contributed by atoms with Crippen molar-refractivity contribution in [3.63, 3.8) is 0 Å². The number of halogens is 9. The van der Waals surface area contributed by atoms with E-state index < -0.39 is 35.6 Å². The Morgan fingerprint density at radius 1 is 1.06 bits per heavy atom. The highest BCUT2D eigenvalue weighted by Crippen LogP contribution is 2.41. The number of rotatable bonds is 4. The normalized spacial score (nSPS) is 18.2. The van der Waals surface area contributed by atoms with Crippen molar-refractivity contribution < 1.29 is 35.1 Å². The van der Waals surface area contributed by atoms with Crippen LogP contribution in [0.15, 0.2) is 17.9 Å². The standard InChI is InChI=1S/C8H5ClF8/c1-2-3(5(9)11)4(10)7(13,14)6(12)8(15,16)17/h4-6H,1H2. The van der Waals surface area contributed by atoms with Gasteiger partial charge in [-0.3, -0.25) is 0 Å². The van der Waals surface area contributed by atoms with E-state index in [9.17, 15) is 35.1 Å². The minimum absolute atomic E-state index is 1.28. The SMILES string of the molecule is C=C=C(C(F)Cl)C(F)C(F)(F)C(F)C(F)(F)F. The molecule has 0 bridgehead atoms. The molecule has 0 aromatic carbocycles. The van der Waals surface area contributed by atoms with Crippen molar-refractivity contribution in [2.45, 2.75) is 30.1 Å². The van der Waals surface area contributed by atoms with Crippen LogP contribution in [0, 0.1) is 0 Å². The Hall–Kier alpha value is -0.750. The smallest absolute Gasteiger partial charge is 0.235 e. The van der Waals surface area contributed by atoms with Gasteiger partial charge in [-0.2, -0.15) is 22.0 Å². The summed E-state index contributed by atoms with van der Waals surface area (Å²) in [6.07, 6.45) is -14.7. The van der Waals surface area contributed by atoms with Crippen LogP contribution < -0.4 is 0 Å². The van der Waals surface area contributed by atoms with E-state index in [0.29, 0.717) is 0 Å². The third-order valence-electron chi connectivity index (χ3n) is 1.68. The first kappa shape index (κ1) is 16.2. The predicted molar refractivity (Wildman–Crippen MR) is 44.2 cm³/mol. The number of hydrogen-bond donors (Lipinski definition) is 0. The van der Waals surface area contributed by atoms with Gasteiger partial charge < -0.3 is 0 Å². The molecule has 0 aliphatic carbocycles. The Morgan fingerprint density at radius 3 is 1.71 bits per heavy atom. The van der Waals surface area contributed by atoms with Crippen LogP contribution in [0.25, 0.3) is 0 Å². The summed E-state index contributed by atoms with van der Waals surface area (Å²) in [7, 11) is 0. The van der Waals surface area contributed by atoms with Gasteiger partial charge >= 0.3 is 12.1 Å². The molecule has 0 aliphatic rings. The zero-order valence-electron chi connectivity index (χ0n) is 7.84. The molecule has 0 saturated carbocycles. The molecule has 0 spiro atoms. The second-order valence-electron chi connectivity index (χ2n) is 2.87. The molecule has 0 aliphatic heterocycles. The fourth-order valence-corrected chi connectivity index (χ4v) is 1.02. The Bertz CT molecular complexity index is 314. The van der Waals surface area contributed by atoms with Crippen LogP contribution in [0.2, 0.25) is 0 Å². The predicted octanol–water partition coefficient (Wildman–Crippen LogP) is 4.11. The summed E-state index contributed by atoms with van der Waals surface area (Å²) in [5, 5.41) is 0. The minimum atomic E-state index is -5.99. The maximum Gasteiger partial charge on any atom is 0.425 e. The maximum absolute atomic E-state index is 12.9. The molecule has 0 nitrogen and oxygen atoms in total. The molecule has 100 valence electrons. The molecule has 9 heteroatoms. The summed E-state index contributed by atoms with van der Waals surface area (Å²) in [6, 6.07) is 0. The summed E-state index contributed by atoms with van der Waals surface area (Å²) in [5.41, 5.74) is -3.29. The van der Waals surface area contributed by atoms with E-state index in [2.05, 4.69) is 18.2 Å². The Labute approximate surface area is 95.5 Å². The summed E-state index contributed by atoms with van der Waals surface area (Å²) in [4.78, 5) is 0. The van der Waals surface area contributed by atoms with Crippen LogP contribution in [-0.2, 0) is 0 Å². The van der Waals surface area contributed by atoms with Crippen molar-refractivity contribution in [2.24, 2.45) is 0 Å². The third-order valence-corrected chi connectivity index (χ3v) is 1.91. The average molecular weight is 289 g/mol. The van der Waals surface area contributed by atoms with Crippen molar-refractivity contribution >= 4 is 11.6 Å². The lowest BCUT2D eigenvalue weighted by molar-refractivity contribution is -0.256. The van der Waals surface area contributed by atoms with E-state index in [1.807, 2.05) is 0 Å². The fraction of sp³-hybridized carbons (Fsp3) is 0.625. The zero-order chi connectivity index (χ0) is 14.0. The Kier molecular flexibility index (Phi) is 5.03. The topological polar surface area (TPSA) is 0 Å². The Balaban J connectivity index is 5.26. The van der Waals surface area contributed by atoms with Crippen LogP contribution in [0.4, 0.5) is 35.1 Å². The van der Waals surface area contributed by atoms with Crippen LogP contribution in [0.1, 0.15) is 0 Å². The number of hydrogen-bond acceptors (Lipinski definition) is 0. The van der Waals surface area contributed by atoms with E-state index in [4.69, 9.17) is 0 Å². The highest BCUT2D eigenvalue weighted by atomic mass is 35.5. The van der Waals surface area contributed by atoms with E-state index in [0.717, 1.165) is 0 Å². The lowest BCUT2D eigenvalue weighted by Crippen LogP contribution is -2.49. The van der Waals surface area contributed by atoms with E-state index in [1.165, 1.54) is 5.73 Å². The molecule has 3 atom stereocenters. The molecule has 0 N–H and O–H groups in total. The first-order chi connectivity index (χ1) is 7.46. The van der Waals surface area contributed by atoms with Gasteiger partial charge in [0.1, 0.15) is 0 Å². The van der Waals surface area contributed by atoms with Gasteiger partial charge in [0.25, 0.3) is 6.17 Å². The Morgan fingerprint density at radius 2 is 1.47 bits per heavy atom. The maximum atomic E-state index is 12.9. The van der Waals surface area contributed by atoms with Gasteiger partial charge in [-0.1, -0.05) is 18.2 Å². The first-order valence-corrected chi connectivity index (χ1v) is 4.30. The molecule has 0 fully saturated rings. The zero-order valence-corrected chi connectivity index (χ0v) is 8.60. The van der Waals surface area contributed by atoms with E-state index in [-0.39, 0.29) is 0 Å². The van der Waals surface area contributed by atoms with Gasteiger partial charge in [0.2, 0.25) is 5.63 Å². The monoisotopic (exact) mass is 288 g/mol. The van der Waals surface area contributed by atoms with E-state index in [1.54, 1.807) is 0 Å². The minimum Gasteiger partial charge on any atom is -0.235 e. The van der Waals surface area contributed by atoms with Gasteiger partial charge in [0, 0.05) is 0 Å². The molecule has 0 aromatic rings. The molecule has 0 rings (SSSR count). The van der Waals surface area contributed by atoms with Gasteiger partial charge in [-0.15, -0.1) is 5.73 Å². The second kappa shape index (κ2) is 5.27. The van der Waals surface area contributed by atoms with Crippen LogP contribution >= 0.6 is 11.6 Å². The largest absolute Gasteiger partial charge is 0.425 e. The first-order valence-electron chi connectivity index (χ1n) is 3.86. The highest BCUT2D eigenvalue weighted by molar-refractivity contribution is 6.21. The van der Waals surface area contributed by atoms with Gasteiger partial charge in [0.05, 0.1) is 5.57 Å². The summed E-state index contributed by atoms with van der Waals surface area (Å²) in [5.74, 6) is -5.52. The summed E-state index contributed by atoms with van der Waals surface area (Å²) < 4.78 is 98.1. The summed E-state index contributed by atoms with van der Waals surface area (Å²) in [6.45, 7) is 2.57. The number of alkyl halides is 9. The second-order valence-corrected chi connectivity index (χ2v) is 3.26. The molecule has 0 radical (unpaired) electrons. The highest BCUT2D eigenvalue weighted by Gasteiger charge is 2.62. The average Bonchev–Trinajstić information content (AvgIpc) is 2.15. The molecule has 0 amide bonds.